The highest BCUT2D eigenvalue weighted by molar-refractivity contribution is 5.96. The van der Waals surface area contributed by atoms with Gasteiger partial charge in [-0.1, -0.05) is 25.0 Å². The van der Waals surface area contributed by atoms with Crippen LogP contribution in [-0.4, -0.2) is 23.1 Å². The van der Waals surface area contributed by atoms with E-state index in [1.807, 2.05) is 12.1 Å². The smallest absolute Gasteiger partial charge is 0.246 e. The van der Waals surface area contributed by atoms with Crippen LogP contribution in [0.4, 0.5) is 0 Å². The lowest BCUT2D eigenvalue weighted by atomic mass is 9.90. The van der Waals surface area contributed by atoms with Crippen LogP contribution < -0.4 is 10.6 Å². The van der Waals surface area contributed by atoms with Crippen LogP contribution in [0.15, 0.2) is 30.3 Å². The van der Waals surface area contributed by atoms with Crippen molar-refractivity contribution in [2.24, 2.45) is 0 Å². The Morgan fingerprint density at radius 3 is 2.47 bits per heavy atom. The Balaban J connectivity index is 1.92. The number of carbonyl (C=O) groups is 1. The second kappa shape index (κ2) is 4.96. The zero-order valence-corrected chi connectivity index (χ0v) is 10.7. The zero-order valence-electron chi connectivity index (χ0n) is 10.7. The third-order valence-corrected chi connectivity index (χ3v) is 3.90. The summed E-state index contributed by atoms with van der Waals surface area (Å²) in [6.07, 6.45) is 5.96. The average Bonchev–Trinajstić information content (AvgIpc) is 2.57. The molecule has 3 rings (SSSR count). The quantitative estimate of drug-likeness (QED) is 0.719. The molecule has 100 valence electrons. The summed E-state index contributed by atoms with van der Waals surface area (Å²) in [7, 11) is 0. The van der Waals surface area contributed by atoms with Crippen molar-refractivity contribution < 1.29 is 9.90 Å². The van der Waals surface area contributed by atoms with Gasteiger partial charge in [-0.25, -0.2) is 0 Å². The molecule has 2 atom stereocenters. The van der Waals surface area contributed by atoms with Crippen LogP contribution in [0.2, 0.25) is 0 Å². The molecular weight excluding hydrogens is 240 g/mol. The molecule has 2 aliphatic rings. The van der Waals surface area contributed by atoms with Gasteiger partial charge in [0.15, 0.2) is 0 Å². The maximum absolute atomic E-state index is 11.9. The third kappa shape index (κ3) is 2.43. The summed E-state index contributed by atoms with van der Waals surface area (Å²) < 4.78 is 0. The summed E-state index contributed by atoms with van der Waals surface area (Å²) in [6, 6.07) is 7.55. The van der Waals surface area contributed by atoms with E-state index < -0.39 is 0 Å². The number of rotatable bonds is 1. The minimum Gasteiger partial charge on any atom is -0.507 e. The lowest BCUT2D eigenvalue weighted by Gasteiger charge is -2.32. The van der Waals surface area contributed by atoms with E-state index in [0.717, 1.165) is 19.3 Å². The Hall–Kier alpha value is -1.97. The van der Waals surface area contributed by atoms with Gasteiger partial charge in [-0.3, -0.25) is 4.79 Å². The van der Waals surface area contributed by atoms with Gasteiger partial charge < -0.3 is 15.7 Å². The molecule has 1 heterocycles. The summed E-state index contributed by atoms with van der Waals surface area (Å²) in [4.78, 5) is 11.9. The van der Waals surface area contributed by atoms with E-state index in [1.54, 1.807) is 18.2 Å². The number of phenols is 1. The third-order valence-electron chi connectivity index (χ3n) is 3.90. The molecule has 19 heavy (non-hydrogen) atoms. The largest absolute Gasteiger partial charge is 0.507 e. The highest BCUT2D eigenvalue weighted by Gasteiger charge is 2.29. The van der Waals surface area contributed by atoms with Gasteiger partial charge in [-0.15, -0.1) is 0 Å². The molecular formula is C15H18N2O2. The van der Waals surface area contributed by atoms with Gasteiger partial charge in [0.25, 0.3) is 0 Å². The number of amides is 1. The number of aromatic hydroxyl groups is 1. The Labute approximate surface area is 112 Å². The monoisotopic (exact) mass is 258 g/mol. The molecule has 1 aromatic rings. The van der Waals surface area contributed by atoms with Crippen molar-refractivity contribution in [3.05, 3.63) is 35.9 Å². The van der Waals surface area contributed by atoms with E-state index in [2.05, 4.69) is 10.6 Å². The molecule has 1 aromatic carbocycles. The van der Waals surface area contributed by atoms with Crippen LogP contribution >= 0.6 is 0 Å². The molecule has 1 fully saturated rings. The molecule has 4 heteroatoms. The van der Waals surface area contributed by atoms with Crippen LogP contribution in [0.3, 0.4) is 0 Å². The van der Waals surface area contributed by atoms with E-state index >= 15 is 0 Å². The number of nitrogens with one attached hydrogen (secondary N) is 2. The standard InChI is InChI=1S/C15H18N2O2/c18-14-8-4-1-5-10(14)13-9-15(19)17-12-7-3-2-6-11(12)16-13/h1,4-5,8-9,11-12,16,18H,2-3,6-7H2,(H,17,19)/t11-,12-/m0/s1. The van der Waals surface area contributed by atoms with Crippen molar-refractivity contribution in [2.45, 2.75) is 37.8 Å². The molecule has 4 nitrogen and oxygen atoms in total. The van der Waals surface area contributed by atoms with E-state index in [9.17, 15) is 9.90 Å². The Kier molecular flexibility index (Phi) is 3.15. The van der Waals surface area contributed by atoms with E-state index in [1.165, 1.54) is 6.42 Å². The SMILES string of the molecule is O=C1C=C(c2ccccc2O)N[C@H]2CCCC[C@@H]2N1. The number of hydrogen-bond acceptors (Lipinski definition) is 3. The van der Waals surface area contributed by atoms with Crippen LogP contribution in [0.1, 0.15) is 31.2 Å². The number of hydrogen-bond donors (Lipinski definition) is 3. The summed E-state index contributed by atoms with van der Waals surface area (Å²) in [6.45, 7) is 0. The van der Waals surface area contributed by atoms with E-state index in [4.69, 9.17) is 0 Å². The van der Waals surface area contributed by atoms with Crippen molar-refractivity contribution in [3.63, 3.8) is 0 Å². The molecule has 0 aromatic heterocycles. The van der Waals surface area contributed by atoms with Crippen molar-refractivity contribution in [1.29, 1.82) is 0 Å². The first kappa shape index (κ1) is 12.1. The molecule has 1 amide bonds. The predicted molar refractivity (Wildman–Crippen MR) is 73.4 cm³/mol. The van der Waals surface area contributed by atoms with Crippen molar-refractivity contribution in [3.8, 4) is 5.75 Å². The fraction of sp³-hybridized carbons (Fsp3) is 0.400. The summed E-state index contributed by atoms with van der Waals surface area (Å²) in [5, 5.41) is 16.4. The van der Waals surface area contributed by atoms with Gasteiger partial charge in [0.05, 0.1) is 5.70 Å². The molecule has 0 spiro atoms. The van der Waals surface area contributed by atoms with Gasteiger partial charge in [-0.2, -0.15) is 0 Å². The topological polar surface area (TPSA) is 61.4 Å². The fourth-order valence-electron chi connectivity index (χ4n) is 2.93. The van der Waals surface area contributed by atoms with Crippen molar-refractivity contribution in [2.75, 3.05) is 0 Å². The second-order valence-electron chi connectivity index (χ2n) is 5.23. The van der Waals surface area contributed by atoms with Crippen LogP contribution in [0.25, 0.3) is 5.70 Å². The zero-order chi connectivity index (χ0) is 13.2. The normalized spacial score (nSPS) is 26.5. The molecule has 3 N–H and O–H groups in total. The maximum atomic E-state index is 11.9. The predicted octanol–water partition coefficient (Wildman–Crippen LogP) is 1.76. The van der Waals surface area contributed by atoms with Crippen LogP contribution in [0, 0.1) is 0 Å². The summed E-state index contributed by atoms with van der Waals surface area (Å²) in [5.74, 6) is 0.114. The second-order valence-corrected chi connectivity index (χ2v) is 5.23. The first-order chi connectivity index (χ1) is 9.24. The molecule has 0 saturated heterocycles. The number of benzene rings is 1. The number of phenolic OH excluding ortho intramolecular Hbond substituents is 1. The Morgan fingerprint density at radius 2 is 1.74 bits per heavy atom. The van der Waals surface area contributed by atoms with Crippen molar-refractivity contribution in [1.82, 2.24) is 10.6 Å². The highest BCUT2D eigenvalue weighted by atomic mass is 16.3. The van der Waals surface area contributed by atoms with Gasteiger partial charge in [0, 0.05) is 23.7 Å². The molecule has 1 aliphatic carbocycles. The van der Waals surface area contributed by atoms with Gasteiger partial charge in [-0.05, 0) is 25.0 Å². The first-order valence-corrected chi connectivity index (χ1v) is 6.81. The Bertz CT molecular complexity index is 525. The number of carbonyl (C=O) groups excluding carboxylic acids is 1. The number of para-hydroxylation sites is 1. The minimum absolute atomic E-state index is 0.0832. The lowest BCUT2D eigenvalue weighted by molar-refractivity contribution is -0.117. The van der Waals surface area contributed by atoms with E-state index in [0.29, 0.717) is 11.3 Å². The average molecular weight is 258 g/mol. The summed E-state index contributed by atoms with van der Waals surface area (Å²) in [5.41, 5.74) is 1.40. The van der Waals surface area contributed by atoms with Crippen molar-refractivity contribution >= 4 is 11.6 Å². The molecule has 1 aliphatic heterocycles. The maximum Gasteiger partial charge on any atom is 0.246 e. The summed E-state index contributed by atoms with van der Waals surface area (Å²) >= 11 is 0. The lowest BCUT2D eigenvalue weighted by Crippen LogP contribution is -2.48. The molecule has 0 bridgehead atoms. The van der Waals surface area contributed by atoms with Gasteiger partial charge in [0.2, 0.25) is 5.91 Å². The molecule has 0 radical (unpaired) electrons. The van der Waals surface area contributed by atoms with E-state index in [-0.39, 0.29) is 23.7 Å². The first-order valence-electron chi connectivity index (χ1n) is 6.81. The minimum atomic E-state index is -0.0832. The van der Waals surface area contributed by atoms with Gasteiger partial charge >= 0.3 is 0 Å². The van der Waals surface area contributed by atoms with Crippen LogP contribution in [-0.2, 0) is 4.79 Å². The Morgan fingerprint density at radius 1 is 1.05 bits per heavy atom. The molecule has 1 saturated carbocycles. The van der Waals surface area contributed by atoms with Gasteiger partial charge in [0.1, 0.15) is 5.75 Å². The number of fused-ring (bicyclic) bond motifs is 1. The fourth-order valence-corrected chi connectivity index (χ4v) is 2.93. The van der Waals surface area contributed by atoms with Crippen LogP contribution in [0.5, 0.6) is 5.75 Å². The highest BCUT2D eigenvalue weighted by Crippen LogP contribution is 2.27. The molecule has 0 unspecified atom stereocenters.